The Bertz CT molecular complexity index is 219. The van der Waals surface area contributed by atoms with E-state index in [9.17, 15) is 4.79 Å². The van der Waals surface area contributed by atoms with Gasteiger partial charge in [0.05, 0.1) is 5.54 Å². The zero-order valence-electron chi connectivity index (χ0n) is 11.2. The third-order valence-electron chi connectivity index (χ3n) is 2.98. The smallest absolute Gasteiger partial charge is 0.242 e. The van der Waals surface area contributed by atoms with Gasteiger partial charge in [-0.1, -0.05) is 13.3 Å². The lowest BCUT2D eigenvalue weighted by Crippen LogP contribution is -2.54. The predicted octanol–water partition coefficient (Wildman–Crippen LogP) is 2.10. The summed E-state index contributed by atoms with van der Waals surface area (Å²) >= 11 is 1.81. The van der Waals surface area contributed by atoms with Crippen molar-refractivity contribution in [1.82, 2.24) is 4.90 Å². The molecule has 1 amide bonds. The lowest BCUT2D eigenvalue weighted by Gasteiger charge is -2.33. The molecule has 0 saturated heterocycles. The van der Waals surface area contributed by atoms with Crippen molar-refractivity contribution in [1.29, 1.82) is 0 Å². The first kappa shape index (κ1) is 15.8. The van der Waals surface area contributed by atoms with Crippen LogP contribution in [0.2, 0.25) is 0 Å². The summed E-state index contributed by atoms with van der Waals surface area (Å²) in [6.45, 7) is 5.96. The Hall–Kier alpha value is -0.220. The molecule has 2 unspecified atom stereocenters. The van der Waals surface area contributed by atoms with Crippen LogP contribution in [-0.4, -0.2) is 41.4 Å². The highest BCUT2D eigenvalue weighted by Gasteiger charge is 2.31. The number of carbonyl (C=O) groups is 1. The number of hydrogen-bond donors (Lipinski definition) is 1. The van der Waals surface area contributed by atoms with Gasteiger partial charge in [0.1, 0.15) is 0 Å². The third kappa shape index (κ3) is 4.74. The van der Waals surface area contributed by atoms with Crippen LogP contribution in [0.4, 0.5) is 0 Å². The van der Waals surface area contributed by atoms with E-state index in [0.29, 0.717) is 0 Å². The number of nitrogens with two attached hydrogens (primary N) is 1. The molecule has 4 heteroatoms. The zero-order chi connectivity index (χ0) is 12.8. The normalized spacial score (nSPS) is 16.6. The lowest BCUT2D eigenvalue weighted by atomic mass is 9.95. The molecule has 0 fully saturated rings. The van der Waals surface area contributed by atoms with Gasteiger partial charge >= 0.3 is 0 Å². The van der Waals surface area contributed by atoms with Crippen molar-refractivity contribution >= 4 is 17.7 Å². The van der Waals surface area contributed by atoms with Gasteiger partial charge in [-0.05, 0) is 38.7 Å². The van der Waals surface area contributed by atoms with E-state index < -0.39 is 5.54 Å². The quantitative estimate of drug-likeness (QED) is 0.748. The highest BCUT2D eigenvalue weighted by atomic mass is 32.2. The summed E-state index contributed by atoms with van der Waals surface area (Å²) < 4.78 is 0. The van der Waals surface area contributed by atoms with E-state index in [-0.39, 0.29) is 11.9 Å². The first-order valence-electron chi connectivity index (χ1n) is 5.92. The average Bonchev–Trinajstić information content (AvgIpc) is 2.23. The van der Waals surface area contributed by atoms with Gasteiger partial charge in [-0.15, -0.1) is 0 Å². The first-order chi connectivity index (χ1) is 7.36. The summed E-state index contributed by atoms with van der Waals surface area (Å²) in [5.41, 5.74) is 5.33. The summed E-state index contributed by atoms with van der Waals surface area (Å²) in [5, 5.41) is 0. The molecular formula is C12H26N2OS. The lowest BCUT2D eigenvalue weighted by molar-refractivity contribution is -0.137. The number of carbonyl (C=O) groups excluding carboxylic acids is 1. The van der Waals surface area contributed by atoms with E-state index in [4.69, 9.17) is 5.73 Å². The Balaban J connectivity index is 4.36. The Morgan fingerprint density at radius 3 is 2.56 bits per heavy atom. The average molecular weight is 246 g/mol. The minimum atomic E-state index is -0.711. The maximum Gasteiger partial charge on any atom is 0.242 e. The molecule has 3 nitrogen and oxygen atoms in total. The minimum Gasteiger partial charge on any atom is -0.341 e. The van der Waals surface area contributed by atoms with Crippen molar-refractivity contribution in [2.24, 2.45) is 5.73 Å². The van der Waals surface area contributed by atoms with E-state index in [1.54, 1.807) is 4.90 Å². The van der Waals surface area contributed by atoms with Crippen molar-refractivity contribution in [2.75, 3.05) is 19.1 Å². The molecule has 2 atom stereocenters. The van der Waals surface area contributed by atoms with Crippen molar-refractivity contribution in [2.45, 2.75) is 51.6 Å². The molecule has 0 heterocycles. The van der Waals surface area contributed by atoms with E-state index in [0.717, 1.165) is 25.0 Å². The molecule has 0 aliphatic carbocycles. The molecule has 0 rings (SSSR count). The summed E-state index contributed by atoms with van der Waals surface area (Å²) in [7, 11) is 1.86. The molecule has 0 saturated carbocycles. The van der Waals surface area contributed by atoms with Gasteiger partial charge < -0.3 is 10.6 Å². The van der Waals surface area contributed by atoms with Crippen molar-refractivity contribution in [3.8, 4) is 0 Å². The maximum absolute atomic E-state index is 12.2. The van der Waals surface area contributed by atoms with Gasteiger partial charge in [-0.25, -0.2) is 0 Å². The van der Waals surface area contributed by atoms with Gasteiger partial charge in [-0.2, -0.15) is 11.8 Å². The third-order valence-corrected chi connectivity index (χ3v) is 3.62. The fraction of sp³-hybridized carbons (Fsp3) is 0.917. The zero-order valence-corrected chi connectivity index (χ0v) is 12.1. The Labute approximate surface area is 104 Å². The van der Waals surface area contributed by atoms with E-state index >= 15 is 0 Å². The molecule has 0 aromatic heterocycles. The number of thioether (sulfide) groups is 1. The minimum absolute atomic E-state index is 0.0583. The number of likely N-dealkylation sites (N-methyl/N-ethyl adjacent to an activating group) is 1. The maximum atomic E-state index is 12.2. The summed E-state index contributed by atoms with van der Waals surface area (Å²) in [6.07, 6.45) is 4.78. The van der Waals surface area contributed by atoms with Crippen molar-refractivity contribution < 1.29 is 4.79 Å². The summed E-state index contributed by atoms with van der Waals surface area (Å²) in [6, 6.07) is 0.264. The van der Waals surface area contributed by atoms with E-state index in [1.807, 2.05) is 25.7 Å². The van der Waals surface area contributed by atoms with Crippen LogP contribution in [0.15, 0.2) is 0 Å². The second-order valence-electron chi connectivity index (χ2n) is 4.71. The highest BCUT2D eigenvalue weighted by Crippen LogP contribution is 2.15. The van der Waals surface area contributed by atoms with E-state index in [2.05, 4.69) is 20.1 Å². The van der Waals surface area contributed by atoms with Crippen LogP contribution < -0.4 is 5.73 Å². The van der Waals surface area contributed by atoms with E-state index in [1.165, 1.54) is 0 Å². The fourth-order valence-corrected chi connectivity index (χ4v) is 2.29. The molecule has 0 aromatic carbocycles. The standard InChI is InChI=1S/C12H26N2OS/c1-6-8-12(3,13)11(15)14(4)10(2)7-9-16-5/h10H,6-9,13H2,1-5H3. The van der Waals surface area contributed by atoms with Crippen molar-refractivity contribution in [3.63, 3.8) is 0 Å². The van der Waals surface area contributed by atoms with Crippen molar-refractivity contribution in [3.05, 3.63) is 0 Å². The first-order valence-corrected chi connectivity index (χ1v) is 7.31. The van der Waals surface area contributed by atoms with Gasteiger partial charge in [0.25, 0.3) is 0 Å². The largest absolute Gasteiger partial charge is 0.341 e. The molecule has 0 spiro atoms. The molecule has 0 bridgehead atoms. The Morgan fingerprint density at radius 1 is 1.56 bits per heavy atom. The topological polar surface area (TPSA) is 46.3 Å². The molecule has 0 aromatic rings. The number of amides is 1. The number of nitrogens with zero attached hydrogens (tertiary/aromatic N) is 1. The molecule has 96 valence electrons. The van der Waals surface area contributed by atoms with Crippen LogP contribution in [0.25, 0.3) is 0 Å². The van der Waals surface area contributed by atoms with Gasteiger partial charge in [0.2, 0.25) is 5.91 Å². The SMILES string of the molecule is CCCC(C)(N)C(=O)N(C)C(C)CCSC. The Kier molecular flexibility index (Phi) is 7.07. The van der Waals surface area contributed by atoms with Crippen LogP contribution in [-0.2, 0) is 4.79 Å². The van der Waals surface area contributed by atoms with Gasteiger partial charge in [0, 0.05) is 13.1 Å². The van der Waals surface area contributed by atoms with Crippen LogP contribution >= 0.6 is 11.8 Å². The molecule has 2 N–H and O–H groups in total. The molecule has 0 aliphatic rings. The molecule has 0 aliphatic heterocycles. The van der Waals surface area contributed by atoms with Gasteiger partial charge in [-0.3, -0.25) is 4.79 Å². The fourth-order valence-electron chi connectivity index (χ4n) is 1.71. The summed E-state index contributed by atoms with van der Waals surface area (Å²) in [5.74, 6) is 1.14. The van der Waals surface area contributed by atoms with Crippen LogP contribution in [0, 0.1) is 0 Å². The molecule has 16 heavy (non-hydrogen) atoms. The predicted molar refractivity (Wildman–Crippen MR) is 72.7 cm³/mol. The van der Waals surface area contributed by atoms with Gasteiger partial charge in [0.15, 0.2) is 0 Å². The highest BCUT2D eigenvalue weighted by molar-refractivity contribution is 7.98. The monoisotopic (exact) mass is 246 g/mol. The van der Waals surface area contributed by atoms with Crippen LogP contribution in [0.5, 0.6) is 0 Å². The van der Waals surface area contributed by atoms with Crippen LogP contribution in [0.1, 0.15) is 40.0 Å². The molecule has 0 radical (unpaired) electrons. The molecular weight excluding hydrogens is 220 g/mol. The second-order valence-corrected chi connectivity index (χ2v) is 5.70. The summed E-state index contributed by atoms with van der Waals surface area (Å²) in [4.78, 5) is 14.0. The van der Waals surface area contributed by atoms with Crippen LogP contribution in [0.3, 0.4) is 0 Å². The Morgan fingerprint density at radius 2 is 2.12 bits per heavy atom. The number of hydrogen-bond acceptors (Lipinski definition) is 3. The number of rotatable bonds is 7. The second kappa shape index (κ2) is 7.17.